The van der Waals surface area contributed by atoms with Gasteiger partial charge in [-0.15, -0.1) is 0 Å². The minimum absolute atomic E-state index is 0.165. The molecule has 0 amide bonds. The van der Waals surface area contributed by atoms with E-state index in [0.29, 0.717) is 18.4 Å². The van der Waals surface area contributed by atoms with E-state index in [1.807, 2.05) is 13.8 Å². The Kier molecular flexibility index (Phi) is 5.42. The Morgan fingerprint density at radius 3 is 2.38 bits per heavy atom. The van der Waals surface area contributed by atoms with Gasteiger partial charge in [0, 0.05) is 12.0 Å². The van der Waals surface area contributed by atoms with Gasteiger partial charge in [-0.25, -0.2) is 0 Å². The normalized spacial score (nSPS) is 19.6. The molecule has 0 atom stereocenters. The van der Waals surface area contributed by atoms with Crippen molar-refractivity contribution in [1.82, 2.24) is 9.80 Å². The Hall–Kier alpha value is -0.410. The maximum absolute atomic E-state index is 11.7. The highest BCUT2D eigenvalue weighted by Crippen LogP contribution is 2.15. The van der Waals surface area contributed by atoms with Crippen LogP contribution in [-0.2, 0) is 4.79 Å². The summed E-state index contributed by atoms with van der Waals surface area (Å²) in [4.78, 5) is 16.4. The molecule has 0 saturated carbocycles. The molecule has 1 heterocycles. The van der Waals surface area contributed by atoms with Crippen LogP contribution in [0.25, 0.3) is 0 Å². The lowest BCUT2D eigenvalue weighted by atomic mass is 10.0. The number of rotatable bonds is 5. The average Bonchev–Trinajstić information content (AvgIpc) is 2.28. The molecule has 0 aromatic carbocycles. The molecule has 0 aromatic rings. The Labute approximate surface area is 99.8 Å². The van der Waals surface area contributed by atoms with E-state index in [1.54, 1.807) is 0 Å². The Morgan fingerprint density at radius 1 is 1.38 bits per heavy atom. The largest absolute Gasteiger partial charge is 0.303 e. The minimum atomic E-state index is 0.165. The summed E-state index contributed by atoms with van der Waals surface area (Å²) in [7, 11) is 2.09. The number of Topliss-reactive ketones (excluding diaryl/α,β-unsaturated/α-hetero) is 1. The highest BCUT2D eigenvalue weighted by Gasteiger charge is 2.23. The monoisotopic (exact) mass is 226 g/mol. The minimum Gasteiger partial charge on any atom is -0.303 e. The molecule has 0 unspecified atom stereocenters. The number of carbonyl (C=O) groups excluding carboxylic acids is 1. The summed E-state index contributed by atoms with van der Waals surface area (Å²) in [5, 5.41) is 0. The molecule has 16 heavy (non-hydrogen) atoms. The lowest BCUT2D eigenvalue weighted by Crippen LogP contribution is -2.45. The van der Waals surface area contributed by atoms with E-state index in [4.69, 9.17) is 0 Å². The van der Waals surface area contributed by atoms with E-state index in [0.717, 1.165) is 6.54 Å². The summed E-state index contributed by atoms with van der Waals surface area (Å²) in [6.45, 7) is 10.3. The zero-order valence-corrected chi connectivity index (χ0v) is 11.2. The van der Waals surface area contributed by atoms with E-state index in [9.17, 15) is 4.79 Å². The number of ketones is 1. The van der Waals surface area contributed by atoms with E-state index < -0.39 is 0 Å². The molecule has 1 saturated heterocycles. The van der Waals surface area contributed by atoms with Gasteiger partial charge in [-0.2, -0.15) is 0 Å². The van der Waals surface area contributed by atoms with Gasteiger partial charge in [0.1, 0.15) is 5.78 Å². The van der Waals surface area contributed by atoms with E-state index >= 15 is 0 Å². The predicted octanol–water partition coefficient (Wildman–Crippen LogP) is 1.63. The summed E-state index contributed by atoms with van der Waals surface area (Å²) < 4.78 is 0. The van der Waals surface area contributed by atoms with Gasteiger partial charge in [0.25, 0.3) is 0 Å². The summed E-state index contributed by atoms with van der Waals surface area (Å²) in [6, 6.07) is 0.602. The number of nitrogens with zero attached hydrogens (tertiary/aromatic N) is 2. The fraction of sp³-hybridized carbons (Fsp3) is 0.923. The first kappa shape index (κ1) is 13.7. The van der Waals surface area contributed by atoms with Crippen LogP contribution in [0.5, 0.6) is 0 Å². The van der Waals surface area contributed by atoms with Crippen molar-refractivity contribution in [2.45, 2.75) is 39.7 Å². The number of likely N-dealkylation sites (N-methyl/N-ethyl adjacent to an activating group) is 1. The summed E-state index contributed by atoms with van der Waals surface area (Å²) >= 11 is 0. The van der Waals surface area contributed by atoms with Crippen LogP contribution in [-0.4, -0.2) is 54.9 Å². The fourth-order valence-electron chi connectivity index (χ4n) is 2.23. The maximum atomic E-state index is 11.7. The summed E-state index contributed by atoms with van der Waals surface area (Å²) in [6.07, 6.45) is 2.41. The van der Waals surface area contributed by atoms with Gasteiger partial charge in [-0.3, -0.25) is 9.69 Å². The molecule has 0 aromatic heterocycles. The van der Waals surface area contributed by atoms with E-state index in [2.05, 4.69) is 23.8 Å². The molecular formula is C13H26N2O. The number of carbonyl (C=O) groups is 1. The first-order chi connectivity index (χ1) is 7.54. The predicted molar refractivity (Wildman–Crippen MR) is 67.6 cm³/mol. The van der Waals surface area contributed by atoms with Crippen LogP contribution < -0.4 is 0 Å². The third-order valence-electron chi connectivity index (χ3n) is 3.68. The van der Waals surface area contributed by atoms with E-state index in [1.165, 1.54) is 25.9 Å². The third kappa shape index (κ3) is 3.87. The van der Waals surface area contributed by atoms with Crippen LogP contribution in [0.3, 0.4) is 0 Å². The van der Waals surface area contributed by atoms with Gasteiger partial charge in [-0.05, 0) is 39.5 Å². The molecule has 94 valence electrons. The SMILES string of the molecule is CCN1CCC(N(C)CC(=O)C(C)C)CC1. The van der Waals surface area contributed by atoms with Gasteiger partial charge >= 0.3 is 0 Å². The second-order valence-corrected chi connectivity index (χ2v) is 5.20. The van der Waals surface area contributed by atoms with Crippen LogP contribution in [0.2, 0.25) is 0 Å². The van der Waals surface area contributed by atoms with Crippen LogP contribution in [0.15, 0.2) is 0 Å². The molecule has 3 heteroatoms. The lowest BCUT2D eigenvalue weighted by Gasteiger charge is -2.36. The Morgan fingerprint density at radius 2 is 1.94 bits per heavy atom. The molecule has 1 aliphatic rings. The molecule has 0 spiro atoms. The molecule has 3 nitrogen and oxygen atoms in total. The summed E-state index contributed by atoms with van der Waals surface area (Å²) in [5.74, 6) is 0.526. The van der Waals surface area contributed by atoms with Gasteiger partial charge in [0.15, 0.2) is 0 Å². The maximum Gasteiger partial charge on any atom is 0.149 e. The van der Waals surface area contributed by atoms with Crippen molar-refractivity contribution in [2.75, 3.05) is 33.2 Å². The first-order valence-electron chi connectivity index (χ1n) is 6.49. The van der Waals surface area contributed by atoms with Gasteiger partial charge < -0.3 is 4.90 Å². The van der Waals surface area contributed by atoms with Gasteiger partial charge in [0.05, 0.1) is 6.54 Å². The van der Waals surface area contributed by atoms with Crippen LogP contribution in [0.1, 0.15) is 33.6 Å². The van der Waals surface area contributed by atoms with Crippen LogP contribution in [0, 0.1) is 5.92 Å². The zero-order valence-electron chi connectivity index (χ0n) is 11.2. The quantitative estimate of drug-likeness (QED) is 0.712. The summed E-state index contributed by atoms with van der Waals surface area (Å²) in [5.41, 5.74) is 0. The number of hydrogen-bond acceptors (Lipinski definition) is 3. The first-order valence-corrected chi connectivity index (χ1v) is 6.49. The van der Waals surface area contributed by atoms with Crippen molar-refractivity contribution in [3.63, 3.8) is 0 Å². The molecule has 1 aliphatic heterocycles. The zero-order chi connectivity index (χ0) is 12.1. The number of likely N-dealkylation sites (tertiary alicyclic amines) is 1. The smallest absolute Gasteiger partial charge is 0.149 e. The molecule has 1 fully saturated rings. The van der Waals surface area contributed by atoms with Gasteiger partial charge in [-0.1, -0.05) is 20.8 Å². The van der Waals surface area contributed by atoms with Crippen molar-refractivity contribution in [3.05, 3.63) is 0 Å². The number of hydrogen-bond donors (Lipinski definition) is 0. The van der Waals surface area contributed by atoms with Gasteiger partial charge in [0.2, 0.25) is 0 Å². The highest BCUT2D eigenvalue weighted by atomic mass is 16.1. The molecular weight excluding hydrogens is 200 g/mol. The van der Waals surface area contributed by atoms with Crippen LogP contribution >= 0.6 is 0 Å². The second-order valence-electron chi connectivity index (χ2n) is 5.20. The van der Waals surface area contributed by atoms with E-state index in [-0.39, 0.29) is 5.92 Å². The molecule has 0 radical (unpaired) electrons. The van der Waals surface area contributed by atoms with Crippen LogP contribution in [0.4, 0.5) is 0 Å². The molecule has 1 rings (SSSR count). The topological polar surface area (TPSA) is 23.6 Å². The Balaban J connectivity index is 2.33. The Bertz CT molecular complexity index is 220. The average molecular weight is 226 g/mol. The molecule has 0 aliphatic carbocycles. The second kappa shape index (κ2) is 6.36. The lowest BCUT2D eigenvalue weighted by molar-refractivity contribution is -0.123. The fourth-order valence-corrected chi connectivity index (χ4v) is 2.23. The molecule has 0 bridgehead atoms. The standard InChI is InChI=1S/C13H26N2O/c1-5-15-8-6-12(7-9-15)14(4)10-13(16)11(2)3/h11-12H,5-10H2,1-4H3. The van der Waals surface area contributed by atoms with Crippen molar-refractivity contribution >= 4 is 5.78 Å². The van der Waals surface area contributed by atoms with Crippen molar-refractivity contribution in [1.29, 1.82) is 0 Å². The van der Waals surface area contributed by atoms with Crippen molar-refractivity contribution in [2.24, 2.45) is 5.92 Å². The van der Waals surface area contributed by atoms with Crippen molar-refractivity contribution < 1.29 is 4.79 Å². The number of piperidine rings is 1. The third-order valence-corrected chi connectivity index (χ3v) is 3.68. The van der Waals surface area contributed by atoms with Crippen molar-refractivity contribution in [3.8, 4) is 0 Å². The molecule has 0 N–H and O–H groups in total. The highest BCUT2D eigenvalue weighted by molar-refractivity contribution is 5.82.